The van der Waals surface area contributed by atoms with Crippen LogP contribution in [0.2, 0.25) is 0 Å². The summed E-state index contributed by atoms with van der Waals surface area (Å²) < 4.78 is 0. The number of benzene rings is 1. The number of aromatic hydroxyl groups is 1. The lowest BCUT2D eigenvalue weighted by Crippen LogP contribution is -2.63. The molecule has 0 saturated carbocycles. The van der Waals surface area contributed by atoms with Gasteiger partial charge >= 0.3 is 0 Å². The topological polar surface area (TPSA) is 168 Å². The Hall–Kier alpha value is -3.67. The van der Waals surface area contributed by atoms with Gasteiger partial charge in [0.1, 0.15) is 22.8 Å². The van der Waals surface area contributed by atoms with Gasteiger partial charge < -0.3 is 31.1 Å². The minimum Gasteiger partial charge on any atom is -0.510 e. The Morgan fingerprint density at radius 1 is 1.18 bits per heavy atom. The largest absolute Gasteiger partial charge is 0.510 e. The standard InChI is InChI=1S/C28H36N4O7/c1-7-8-32(6)12-14-11-17(30(2)3)15-9-13-10-16-21(31(4)5)24(35)20(27(29)38)26(37)28(16,39)25(36)18(13)23(34)19(15)22(14)33/h7,11,13,16,21,33,35-36,39H,1,8-10,12H2,2-6H3,(H2,29,38)/t13-,16-,21-,28-/m0/s1. The van der Waals surface area contributed by atoms with Crippen molar-refractivity contribution in [3.63, 3.8) is 0 Å². The Kier molecular flexibility index (Phi) is 7.13. The van der Waals surface area contributed by atoms with Crippen LogP contribution in [-0.4, -0.2) is 101 Å². The number of amides is 1. The van der Waals surface area contributed by atoms with Gasteiger partial charge in [-0.15, -0.1) is 6.58 Å². The second-order valence-corrected chi connectivity index (χ2v) is 11.1. The number of rotatable bonds is 7. The number of carbonyl (C=O) groups excluding carboxylic acids is 3. The maximum Gasteiger partial charge on any atom is 0.255 e. The number of hydrogen-bond acceptors (Lipinski definition) is 10. The molecule has 0 heterocycles. The van der Waals surface area contributed by atoms with Crippen LogP contribution >= 0.6 is 0 Å². The molecule has 0 aromatic heterocycles. The summed E-state index contributed by atoms with van der Waals surface area (Å²) in [4.78, 5) is 44.9. The van der Waals surface area contributed by atoms with Crippen molar-refractivity contribution in [2.75, 3.05) is 46.7 Å². The molecule has 3 aliphatic carbocycles. The zero-order chi connectivity index (χ0) is 29.1. The smallest absolute Gasteiger partial charge is 0.255 e. The van der Waals surface area contributed by atoms with Crippen molar-refractivity contribution in [2.24, 2.45) is 17.6 Å². The number of phenols is 1. The Morgan fingerprint density at radius 3 is 2.36 bits per heavy atom. The highest BCUT2D eigenvalue weighted by atomic mass is 16.3. The van der Waals surface area contributed by atoms with E-state index in [2.05, 4.69) is 6.58 Å². The molecule has 1 amide bonds. The molecule has 0 bridgehead atoms. The minimum absolute atomic E-state index is 0.00369. The van der Waals surface area contributed by atoms with Gasteiger partial charge in [0.15, 0.2) is 11.4 Å². The lowest BCUT2D eigenvalue weighted by Gasteiger charge is -2.50. The summed E-state index contributed by atoms with van der Waals surface area (Å²) >= 11 is 0. The third kappa shape index (κ3) is 4.12. The van der Waals surface area contributed by atoms with E-state index in [4.69, 9.17) is 5.73 Å². The molecule has 39 heavy (non-hydrogen) atoms. The molecule has 0 radical (unpaired) electrons. The molecule has 11 heteroatoms. The Morgan fingerprint density at radius 2 is 1.82 bits per heavy atom. The average Bonchev–Trinajstić information content (AvgIpc) is 2.82. The van der Waals surface area contributed by atoms with Crippen LogP contribution in [0.1, 0.15) is 27.9 Å². The molecule has 1 aromatic rings. The van der Waals surface area contributed by atoms with E-state index in [1.807, 2.05) is 37.0 Å². The highest BCUT2D eigenvalue weighted by Crippen LogP contribution is 2.53. The van der Waals surface area contributed by atoms with Crippen molar-refractivity contribution >= 4 is 23.2 Å². The Balaban J connectivity index is 1.95. The number of nitrogens with two attached hydrogens (primary N) is 1. The number of Topliss-reactive ketones (excluding diaryl/α,β-unsaturated/α-hetero) is 2. The number of fused-ring (bicyclic) bond motifs is 3. The van der Waals surface area contributed by atoms with Crippen LogP contribution in [0.5, 0.6) is 5.75 Å². The van der Waals surface area contributed by atoms with Crippen LogP contribution in [0.15, 0.2) is 41.4 Å². The second kappa shape index (κ2) is 9.82. The van der Waals surface area contributed by atoms with Crippen molar-refractivity contribution < 1.29 is 34.8 Å². The summed E-state index contributed by atoms with van der Waals surface area (Å²) in [7, 11) is 8.69. The number of aliphatic hydroxyl groups is 3. The van der Waals surface area contributed by atoms with Crippen molar-refractivity contribution in [1.82, 2.24) is 9.80 Å². The van der Waals surface area contributed by atoms with Gasteiger partial charge in [-0.05, 0) is 51.5 Å². The second-order valence-electron chi connectivity index (χ2n) is 11.1. The number of primary amides is 1. The molecule has 6 N–H and O–H groups in total. The molecule has 0 fully saturated rings. The number of phenolic OH excluding ortho intramolecular Hbond substituents is 1. The summed E-state index contributed by atoms with van der Waals surface area (Å²) in [5.74, 6) is -6.59. The molecule has 210 valence electrons. The lowest BCUT2D eigenvalue weighted by atomic mass is 9.58. The summed E-state index contributed by atoms with van der Waals surface area (Å²) in [5, 5.41) is 45.4. The monoisotopic (exact) mass is 540 g/mol. The molecule has 11 nitrogen and oxygen atoms in total. The number of hydrogen-bond donors (Lipinski definition) is 5. The summed E-state index contributed by atoms with van der Waals surface area (Å²) in [6.07, 6.45) is 2.00. The van der Waals surface area contributed by atoms with Crippen molar-refractivity contribution in [3.05, 3.63) is 58.1 Å². The highest BCUT2D eigenvalue weighted by Gasteiger charge is 2.63. The average molecular weight is 541 g/mol. The van der Waals surface area contributed by atoms with E-state index in [-0.39, 0.29) is 29.7 Å². The van der Waals surface area contributed by atoms with E-state index in [0.29, 0.717) is 24.2 Å². The van der Waals surface area contributed by atoms with Crippen LogP contribution in [0, 0.1) is 11.8 Å². The fourth-order valence-corrected chi connectivity index (χ4v) is 6.45. The van der Waals surface area contributed by atoms with E-state index in [0.717, 1.165) is 5.69 Å². The van der Waals surface area contributed by atoms with Crippen molar-refractivity contribution in [1.29, 1.82) is 0 Å². The minimum atomic E-state index is -2.66. The molecular formula is C28H36N4O7. The molecule has 0 saturated heterocycles. The van der Waals surface area contributed by atoms with Gasteiger partial charge in [0, 0.05) is 49.9 Å². The molecule has 0 aliphatic heterocycles. The summed E-state index contributed by atoms with van der Waals surface area (Å²) in [6.45, 7) is 4.58. The molecule has 0 spiro atoms. The first kappa shape index (κ1) is 28.3. The fraction of sp³-hybridized carbons (Fsp3) is 0.464. The maximum atomic E-state index is 14.0. The first-order valence-corrected chi connectivity index (χ1v) is 12.7. The van der Waals surface area contributed by atoms with Crippen LogP contribution in [0.4, 0.5) is 5.69 Å². The van der Waals surface area contributed by atoms with E-state index < -0.39 is 58.0 Å². The Labute approximate surface area is 227 Å². The number of allylic oxidation sites excluding steroid dienone is 1. The van der Waals surface area contributed by atoms with Crippen LogP contribution < -0.4 is 10.6 Å². The number of carbonyl (C=O) groups is 3. The summed E-state index contributed by atoms with van der Waals surface area (Å²) in [5.41, 5.74) is 3.53. The van der Waals surface area contributed by atoms with Crippen LogP contribution in [0.25, 0.3) is 0 Å². The quantitative estimate of drug-likeness (QED) is 0.246. The predicted molar refractivity (Wildman–Crippen MR) is 145 cm³/mol. The third-order valence-corrected chi connectivity index (χ3v) is 8.14. The van der Waals surface area contributed by atoms with Gasteiger partial charge in [0.25, 0.3) is 5.91 Å². The maximum absolute atomic E-state index is 14.0. The predicted octanol–water partition coefficient (Wildman–Crippen LogP) is 0.804. The normalized spacial score (nSPS) is 26.5. The molecule has 4 rings (SSSR count). The molecule has 4 atom stereocenters. The van der Waals surface area contributed by atoms with Crippen LogP contribution in [-0.2, 0) is 22.6 Å². The van der Waals surface area contributed by atoms with Crippen LogP contribution in [0.3, 0.4) is 0 Å². The zero-order valence-electron chi connectivity index (χ0n) is 22.9. The highest BCUT2D eigenvalue weighted by molar-refractivity contribution is 6.24. The fourth-order valence-electron chi connectivity index (χ4n) is 6.45. The van der Waals surface area contributed by atoms with Gasteiger partial charge in [-0.1, -0.05) is 6.08 Å². The first-order chi connectivity index (χ1) is 18.2. The summed E-state index contributed by atoms with van der Waals surface area (Å²) in [6, 6.07) is 0.801. The SMILES string of the molecule is C=CCN(C)Cc1cc(N(C)C)c2c(c1O)C(=O)C1=C(O)[C@]3(O)C(=O)C(C(N)=O)=C(O)[C@@H](N(C)C)[C@@H]3C[C@@H]1C2. The van der Waals surface area contributed by atoms with E-state index in [1.54, 1.807) is 20.2 Å². The van der Waals surface area contributed by atoms with E-state index in [1.165, 1.54) is 4.90 Å². The molecule has 0 unspecified atom stereocenters. The molecular weight excluding hydrogens is 504 g/mol. The van der Waals surface area contributed by atoms with Crippen molar-refractivity contribution in [3.8, 4) is 5.75 Å². The number of ketones is 2. The molecule has 1 aromatic carbocycles. The first-order valence-electron chi connectivity index (χ1n) is 12.7. The number of aliphatic hydroxyl groups excluding tert-OH is 2. The zero-order valence-corrected chi connectivity index (χ0v) is 22.9. The number of anilines is 1. The van der Waals surface area contributed by atoms with Gasteiger partial charge in [-0.3, -0.25) is 24.2 Å². The number of nitrogens with zero attached hydrogens (tertiary/aromatic N) is 3. The van der Waals surface area contributed by atoms with E-state index >= 15 is 0 Å². The lowest BCUT2D eigenvalue weighted by molar-refractivity contribution is -0.148. The van der Waals surface area contributed by atoms with Gasteiger partial charge in [-0.25, -0.2) is 0 Å². The van der Waals surface area contributed by atoms with Crippen molar-refractivity contribution in [2.45, 2.75) is 31.0 Å². The molecule has 3 aliphatic rings. The van der Waals surface area contributed by atoms with E-state index in [9.17, 15) is 34.8 Å². The van der Waals surface area contributed by atoms with Gasteiger partial charge in [0.2, 0.25) is 5.78 Å². The third-order valence-electron chi connectivity index (χ3n) is 8.14. The Bertz CT molecular complexity index is 1350. The van der Waals surface area contributed by atoms with Gasteiger partial charge in [-0.2, -0.15) is 0 Å². The van der Waals surface area contributed by atoms with Gasteiger partial charge in [0.05, 0.1) is 11.6 Å². The number of likely N-dealkylation sites (N-methyl/N-ethyl adjacent to an activating group) is 2.